The molecular formula is C20H23N3O3S. The second-order valence-corrected chi connectivity index (χ2v) is 8.23. The molecule has 1 fully saturated rings. The van der Waals surface area contributed by atoms with Crippen LogP contribution in [0, 0.1) is 6.92 Å². The molecule has 3 heterocycles. The van der Waals surface area contributed by atoms with Crippen molar-refractivity contribution in [3.63, 3.8) is 0 Å². The van der Waals surface area contributed by atoms with E-state index in [0.29, 0.717) is 29.0 Å². The van der Waals surface area contributed by atoms with Crippen LogP contribution in [0.2, 0.25) is 0 Å². The second-order valence-electron chi connectivity index (χ2n) is 7.22. The molecule has 6 nitrogen and oxygen atoms in total. The molecule has 1 aliphatic rings. The Balaban J connectivity index is 1.74. The number of thiazole rings is 1. The van der Waals surface area contributed by atoms with Crippen LogP contribution >= 0.6 is 11.3 Å². The minimum atomic E-state index is -0.201. The molecule has 0 bridgehead atoms. The number of amides is 1. The van der Waals surface area contributed by atoms with Crippen molar-refractivity contribution in [1.82, 2.24) is 10.1 Å². The third-order valence-electron chi connectivity index (χ3n) is 4.79. The van der Waals surface area contributed by atoms with Crippen LogP contribution in [0.5, 0.6) is 0 Å². The molecule has 1 amide bonds. The number of fused-ring (bicyclic) bond motifs is 1. The van der Waals surface area contributed by atoms with E-state index >= 15 is 0 Å². The summed E-state index contributed by atoms with van der Waals surface area (Å²) in [7, 11) is 0. The molecule has 0 spiro atoms. The van der Waals surface area contributed by atoms with Crippen LogP contribution in [0.3, 0.4) is 0 Å². The van der Waals surface area contributed by atoms with Crippen LogP contribution in [0.25, 0.3) is 10.2 Å². The largest absolute Gasteiger partial charge is 0.376 e. The van der Waals surface area contributed by atoms with Gasteiger partial charge in [-0.15, -0.1) is 0 Å². The standard InChI is InChI=1S/C20H23N3O3S/c1-12(2)15-7-4-8-17-18(15)21-20(27-17)23(11-14-6-5-9-25-14)19(24)16-10-13(3)26-22-16/h4,7-8,10,12,14H,5-6,9,11H2,1-3H3/t14-/m0/s1. The zero-order valence-electron chi connectivity index (χ0n) is 15.8. The van der Waals surface area contributed by atoms with Crippen LogP contribution in [0.15, 0.2) is 28.8 Å². The van der Waals surface area contributed by atoms with E-state index in [1.807, 2.05) is 6.07 Å². The summed E-state index contributed by atoms with van der Waals surface area (Å²) >= 11 is 1.53. The molecule has 3 aromatic rings. The number of rotatable bonds is 5. The van der Waals surface area contributed by atoms with Gasteiger partial charge in [-0.05, 0) is 37.3 Å². The molecule has 4 rings (SSSR count). The quantitative estimate of drug-likeness (QED) is 0.645. The predicted molar refractivity (Wildman–Crippen MR) is 106 cm³/mol. The summed E-state index contributed by atoms with van der Waals surface area (Å²) in [6.07, 6.45) is 2.00. The molecule has 0 aliphatic carbocycles. The number of carbonyl (C=O) groups excluding carboxylic acids is 1. The Morgan fingerprint density at radius 2 is 2.26 bits per heavy atom. The number of ether oxygens (including phenoxy) is 1. The molecule has 1 aromatic carbocycles. The maximum atomic E-state index is 13.2. The van der Waals surface area contributed by atoms with Crippen molar-refractivity contribution >= 4 is 32.6 Å². The smallest absolute Gasteiger partial charge is 0.282 e. The van der Waals surface area contributed by atoms with Crippen molar-refractivity contribution in [1.29, 1.82) is 0 Å². The lowest BCUT2D eigenvalue weighted by Gasteiger charge is -2.22. The van der Waals surface area contributed by atoms with Crippen LogP contribution in [-0.2, 0) is 4.74 Å². The Kier molecular flexibility index (Phi) is 4.97. The number of benzene rings is 1. The van der Waals surface area contributed by atoms with Crippen molar-refractivity contribution in [2.45, 2.75) is 45.6 Å². The van der Waals surface area contributed by atoms with Gasteiger partial charge in [0.05, 0.1) is 22.9 Å². The number of hydrogen-bond acceptors (Lipinski definition) is 6. The molecular weight excluding hydrogens is 362 g/mol. The van der Waals surface area contributed by atoms with Gasteiger partial charge in [-0.25, -0.2) is 4.98 Å². The summed E-state index contributed by atoms with van der Waals surface area (Å²) in [5, 5.41) is 4.59. The SMILES string of the molecule is Cc1cc(C(=O)N(C[C@@H]2CCCO2)c2nc3c(C(C)C)cccc3s2)no1. The first kappa shape index (κ1) is 18.1. The minimum absolute atomic E-state index is 0.0264. The zero-order valence-corrected chi connectivity index (χ0v) is 16.6. The molecule has 1 saturated heterocycles. The lowest BCUT2D eigenvalue weighted by molar-refractivity contribution is 0.0910. The Morgan fingerprint density at radius 3 is 2.93 bits per heavy atom. The lowest BCUT2D eigenvalue weighted by Crippen LogP contribution is -2.37. The van der Waals surface area contributed by atoms with E-state index in [0.717, 1.165) is 29.7 Å². The van der Waals surface area contributed by atoms with Gasteiger partial charge in [0.1, 0.15) is 5.76 Å². The van der Waals surface area contributed by atoms with Crippen LogP contribution < -0.4 is 4.90 Å². The van der Waals surface area contributed by atoms with E-state index < -0.39 is 0 Å². The highest BCUT2D eigenvalue weighted by Gasteiger charge is 2.29. The Labute approximate surface area is 162 Å². The molecule has 0 unspecified atom stereocenters. The van der Waals surface area contributed by atoms with Gasteiger partial charge in [0.25, 0.3) is 5.91 Å². The maximum absolute atomic E-state index is 13.2. The average molecular weight is 385 g/mol. The highest BCUT2D eigenvalue weighted by Crippen LogP contribution is 2.34. The van der Waals surface area contributed by atoms with E-state index in [1.54, 1.807) is 17.9 Å². The first-order valence-corrected chi connectivity index (χ1v) is 10.1. The predicted octanol–water partition coefficient (Wildman–Crippen LogP) is 4.54. The van der Waals surface area contributed by atoms with E-state index in [-0.39, 0.29) is 12.0 Å². The van der Waals surface area contributed by atoms with Crippen LogP contribution in [0.1, 0.15) is 54.4 Å². The van der Waals surface area contributed by atoms with Gasteiger partial charge < -0.3 is 9.26 Å². The van der Waals surface area contributed by atoms with Gasteiger partial charge in [0.15, 0.2) is 10.8 Å². The fourth-order valence-corrected chi connectivity index (χ4v) is 4.39. The monoisotopic (exact) mass is 385 g/mol. The van der Waals surface area contributed by atoms with Crippen molar-refractivity contribution in [2.75, 3.05) is 18.1 Å². The Bertz CT molecular complexity index is 956. The Morgan fingerprint density at radius 1 is 1.41 bits per heavy atom. The summed E-state index contributed by atoms with van der Waals surface area (Å²) < 4.78 is 12.0. The molecule has 0 saturated carbocycles. The topological polar surface area (TPSA) is 68.5 Å². The highest BCUT2D eigenvalue weighted by molar-refractivity contribution is 7.22. The third-order valence-corrected chi connectivity index (χ3v) is 5.84. The molecule has 7 heteroatoms. The summed E-state index contributed by atoms with van der Waals surface area (Å²) in [6.45, 7) is 7.30. The van der Waals surface area contributed by atoms with E-state index in [9.17, 15) is 4.79 Å². The van der Waals surface area contributed by atoms with Crippen molar-refractivity contribution in [3.8, 4) is 0 Å². The number of carbonyl (C=O) groups is 1. The zero-order chi connectivity index (χ0) is 19.0. The molecule has 27 heavy (non-hydrogen) atoms. The van der Waals surface area contributed by atoms with Gasteiger partial charge in [0.2, 0.25) is 0 Å². The molecule has 0 N–H and O–H groups in total. The summed E-state index contributed by atoms with van der Waals surface area (Å²) in [4.78, 5) is 19.7. The maximum Gasteiger partial charge on any atom is 0.282 e. The summed E-state index contributed by atoms with van der Waals surface area (Å²) in [5.41, 5.74) is 2.46. The normalized spacial score (nSPS) is 17.1. The summed E-state index contributed by atoms with van der Waals surface area (Å²) in [6, 6.07) is 7.87. The van der Waals surface area contributed by atoms with Crippen LogP contribution in [-0.4, -0.2) is 35.3 Å². The molecule has 2 aromatic heterocycles. The van der Waals surface area contributed by atoms with Gasteiger partial charge in [0, 0.05) is 12.7 Å². The molecule has 142 valence electrons. The van der Waals surface area contributed by atoms with Gasteiger partial charge in [-0.3, -0.25) is 9.69 Å². The van der Waals surface area contributed by atoms with Gasteiger partial charge in [-0.2, -0.15) is 0 Å². The fraction of sp³-hybridized carbons (Fsp3) is 0.450. The highest BCUT2D eigenvalue weighted by atomic mass is 32.1. The van der Waals surface area contributed by atoms with E-state index in [1.165, 1.54) is 16.9 Å². The van der Waals surface area contributed by atoms with E-state index in [2.05, 4.69) is 31.1 Å². The molecule has 1 atom stereocenters. The third kappa shape index (κ3) is 3.61. The van der Waals surface area contributed by atoms with Gasteiger partial charge in [-0.1, -0.05) is 42.5 Å². The molecule has 1 aliphatic heterocycles. The number of nitrogens with zero attached hydrogens (tertiary/aromatic N) is 3. The van der Waals surface area contributed by atoms with Crippen molar-refractivity contribution < 1.29 is 14.1 Å². The fourth-order valence-electron chi connectivity index (χ4n) is 3.38. The number of aromatic nitrogens is 2. The minimum Gasteiger partial charge on any atom is -0.376 e. The number of hydrogen-bond donors (Lipinski definition) is 0. The number of aryl methyl sites for hydroxylation is 1. The number of para-hydroxylation sites is 1. The van der Waals surface area contributed by atoms with Crippen molar-refractivity contribution in [3.05, 3.63) is 41.3 Å². The summed E-state index contributed by atoms with van der Waals surface area (Å²) in [5.74, 6) is 0.776. The first-order chi connectivity index (χ1) is 13.0. The Hall–Kier alpha value is -2.25. The average Bonchev–Trinajstić information content (AvgIpc) is 3.38. The van der Waals surface area contributed by atoms with E-state index in [4.69, 9.17) is 14.2 Å². The van der Waals surface area contributed by atoms with Crippen molar-refractivity contribution in [2.24, 2.45) is 0 Å². The second kappa shape index (κ2) is 7.40. The lowest BCUT2D eigenvalue weighted by atomic mass is 10.0. The first-order valence-electron chi connectivity index (χ1n) is 9.29. The number of anilines is 1. The van der Waals surface area contributed by atoms with Crippen LogP contribution in [0.4, 0.5) is 5.13 Å². The molecule has 0 radical (unpaired) electrons. The van der Waals surface area contributed by atoms with Gasteiger partial charge >= 0.3 is 0 Å².